The zero-order valence-electron chi connectivity index (χ0n) is 8.56. The SMILES string of the molecule is CCCNCC1(C(=O)OC)CCC1. The van der Waals surface area contributed by atoms with Crippen molar-refractivity contribution in [2.24, 2.45) is 5.41 Å². The molecule has 76 valence electrons. The molecule has 0 aromatic carbocycles. The molecule has 0 radical (unpaired) electrons. The van der Waals surface area contributed by atoms with Crippen molar-refractivity contribution in [2.45, 2.75) is 32.6 Å². The van der Waals surface area contributed by atoms with Gasteiger partial charge in [-0.3, -0.25) is 4.79 Å². The van der Waals surface area contributed by atoms with Crippen molar-refractivity contribution >= 4 is 5.97 Å². The van der Waals surface area contributed by atoms with Crippen molar-refractivity contribution in [3.05, 3.63) is 0 Å². The van der Waals surface area contributed by atoms with Gasteiger partial charge >= 0.3 is 5.97 Å². The molecular weight excluding hydrogens is 166 g/mol. The van der Waals surface area contributed by atoms with Crippen LogP contribution in [0.3, 0.4) is 0 Å². The number of carbonyl (C=O) groups is 1. The third-order valence-electron chi connectivity index (χ3n) is 2.82. The molecule has 3 nitrogen and oxygen atoms in total. The molecule has 3 heteroatoms. The molecule has 0 bridgehead atoms. The van der Waals surface area contributed by atoms with Crippen LogP contribution in [0.2, 0.25) is 0 Å². The molecule has 13 heavy (non-hydrogen) atoms. The van der Waals surface area contributed by atoms with E-state index in [1.165, 1.54) is 7.11 Å². The van der Waals surface area contributed by atoms with Crippen LogP contribution in [0.15, 0.2) is 0 Å². The fraction of sp³-hybridized carbons (Fsp3) is 0.900. The number of esters is 1. The molecule has 1 fully saturated rings. The van der Waals surface area contributed by atoms with Crippen molar-refractivity contribution in [1.29, 1.82) is 0 Å². The van der Waals surface area contributed by atoms with Crippen LogP contribution in [0.5, 0.6) is 0 Å². The second kappa shape index (κ2) is 4.61. The molecule has 1 aliphatic rings. The fourth-order valence-corrected chi connectivity index (χ4v) is 1.78. The maximum absolute atomic E-state index is 11.4. The monoisotopic (exact) mass is 185 g/mol. The summed E-state index contributed by atoms with van der Waals surface area (Å²) in [6.45, 7) is 3.89. The van der Waals surface area contributed by atoms with E-state index in [9.17, 15) is 4.79 Å². The van der Waals surface area contributed by atoms with Gasteiger partial charge in [-0.1, -0.05) is 13.3 Å². The van der Waals surface area contributed by atoms with Gasteiger partial charge in [0, 0.05) is 6.54 Å². The molecule has 0 unspecified atom stereocenters. The number of methoxy groups -OCH3 is 1. The number of hydrogen-bond donors (Lipinski definition) is 1. The Labute approximate surface area is 79.8 Å². The standard InChI is InChI=1S/C10H19NO2/c1-3-7-11-8-10(5-4-6-10)9(12)13-2/h11H,3-8H2,1-2H3. The first kappa shape index (κ1) is 10.5. The van der Waals surface area contributed by atoms with Gasteiger partial charge in [0.1, 0.15) is 0 Å². The van der Waals surface area contributed by atoms with E-state index in [0.29, 0.717) is 0 Å². The molecule has 1 saturated carbocycles. The van der Waals surface area contributed by atoms with Gasteiger partial charge in [-0.2, -0.15) is 0 Å². The normalized spacial score (nSPS) is 19.2. The van der Waals surface area contributed by atoms with E-state index in [0.717, 1.165) is 38.8 Å². The summed E-state index contributed by atoms with van der Waals surface area (Å²) in [7, 11) is 1.47. The summed E-state index contributed by atoms with van der Waals surface area (Å²) in [5.74, 6) is -0.0395. The highest BCUT2D eigenvalue weighted by molar-refractivity contribution is 5.78. The average Bonchev–Trinajstić information content (AvgIpc) is 2.08. The number of rotatable bonds is 5. The minimum absolute atomic E-state index is 0.0395. The Kier molecular flexibility index (Phi) is 3.72. The summed E-state index contributed by atoms with van der Waals surface area (Å²) < 4.78 is 4.81. The van der Waals surface area contributed by atoms with Crippen LogP contribution in [-0.2, 0) is 9.53 Å². The lowest BCUT2D eigenvalue weighted by Crippen LogP contribution is -2.47. The summed E-state index contributed by atoms with van der Waals surface area (Å²) in [6.07, 6.45) is 4.23. The summed E-state index contributed by atoms with van der Waals surface area (Å²) in [5.41, 5.74) is -0.191. The Morgan fingerprint density at radius 1 is 1.54 bits per heavy atom. The van der Waals surface area contributed by atoms with Gasteiger partial charge < -0.3 is 10.1 Å². The molecule has 0 aromatic heterocycles. The van der Waals surface area contributed by atoms with E-state index in [-0.39, 0.29) is 11.4 Å². The Balaban J connectivity index is 2.36. The number of carbonyl (C=O) groups excluding carboxylic acids is 1. The Morgan fingerprint density at radius 3 is 2.62 bits per heavy atom. The van der Waals surface area contributed by atoms with Crippen molar-refractivity contribution in [2.75, 3.05) is 20.2 Å². The second-order valence-electron chi connectivity index (χ2n) is 3.80. The number of hydrogen-bond acceptors (Lipinski definition) is 3. The van der Waals surface area contributed by atoms with Crippen molar-refractivity contribution in [3.63, 3.8) is 0 Å². The molecule has 0 atom stereocenters. The van der Waals surface area contributed by atoms with Gasteiger partial charge in [-0.25, -0.2) is 0 Å². The molecule has 0 aliphatic heterocycles. The molecule has 0 aromatic rings. The highest BCUT2D eigenvalue weighted by Gasteiger charge is 2.44. The lowest BCUT2D eigenvalue weighted by atomic mass is 9.68. The molecule has 0 saturated heterocycles. The topological polar surface area (TPSA) is 38.3 Å². The van der Waals surface area contributed by atoms with E-state index in [2.05, 4.69) is 12.2 Å². The lowest BCUT2D eigenvalue weighted by molar-refractivity contribution is -0.158. The third-order valence-corrected chi connectivity index (χ3v) is 2.82. The Morgan fingerprint density at radius 2 is 2.23 bits per heavy atom. The highest BCUT2D eigenvalue weighted by atomic mass is 16.5. The maximum Gasteiger partial charge on any atom is 0.313 e. The molecule has 1 aliphatic carbocycles. The first-order valence-electron chi connectivity index (χ1n) is 5.04. The third kappa shape index (κ3) is 2.21. The molecular formula is C10H19NO2. The second-order valence-corrected chi connectivity index (χ2v) is 3.80. The van der Waals surface area contributed by atoms with E-state index in [4.69, 9.17) is 4.74 Å². The van der Waals surface area contributed by atoms with E-state index in [1.807, 2.05) is 0 Å². The summed E-state index contributed by atoms with van der Waals surface area (Å²) in [5, 5.41) is 3.29. The van der Waals surface area contributed by atoms with Crippen LogP contribution >= 0.6 is 0 Å². The highest BCUT2D eigenvalue weighted by Crippen LogP contribution is 2.41. The van der Waals surface area contributed by atoms with E-state index >= 15 is 0 Å². The quantitative estimate of drug-likeness (QED) is 0.518. The van der Waals surface area contributed by atoms with Crippen LogP contribution in [0.1, 0.15) is 32.6 Å². The van der Waals surface area contributed by atoms with Crippen LogP contribution in [0, 0.1) is 5.41 Å². The molecule has 1 N–H and O–H groups in total. The van der Waals surface area contributed by atoms with Crippen LogP contribution in [0.4, 0.5) is 0 Å². The van der Waals surface area contributed by atoms with Crippen LogP contribution < -0.4 is 5.32 Å². The lowest BCUT2D eigenvalue weighted by Gasteiger charge is -2.38. The summed E-state index contributed by atoms with van der Waals surface area (Å²) in [6, 6.07) is 0. The maximum atomic E-state index is 11.4. The van der Waals surface area contributed by atoms with Crippen molar-refractivity contribution < 1.29 is 9.53 Å². The van der Waals surface area contributed by atoms with Crippen LogP contribution in [0.25, 0.3) is 0 Å². The largest absolute Gasteiger partial charge is 0.469 e. The minimum Gasteiger partial charge on any atom is -0.469 e. The summed E-state index contributed by atoms with van der Waals surface area (Å²) >= 11 is 0. The van der Waals surface area contributed by atoms with E-state index in [1.54, 1.807) is 0 Å². The Hall–Kier alpha value is -0.570. The molecule has 0 amide bonds. The van der Waals surface area contributed by atoms with Gasteiger partial charge in [0.25, 0.3) is 0 Å². The first-order chi connectivity index (χ1) is 6.25. The number of nitrogens with one attached hydrogen (secondary N) is 1. The van der Waals surface area contributed by atoms with Crippen LogP contribution in [-0.4, -0.2) is 26.2 Å². The smallest absolute Gasteiger partial charge is 0.313 e. The van der Waals surface area contributed by atoms with Gasteiger partial charge in [0.15, 0.2) is 0 Å². The fourth-order valence-electron chi connectivity index (χ4n) is 1.78. The minimum atomic E-state index is -0.191. The molecule has 0 heterocycles. The van der Waals surface area contributed by atoms with Gasteiger partial charge in [0.05, 0.1) is 12.5 Å². The first-order valence-corrected chi connectivity index (χ1v) is 5.04. The van der Waals surface area contributed by atoms with Gasteiger partial charge in [0.2, 0.25) is 0 Å². The Bertz CT molecular complexity index is 176. The summed E-state index contributed by atoms with van der Waals surface area (Å²) in [4.78, 5) is 11.4. The van der Waals surface area contributed by atoms with Crippen molar-refractivity contribution in [1.82, 2.24) is 5.32 Å². The van der Waals surface area contributed by atoms with Gasteiger partial charge in [-0.15, -0.1) is 0 Å². The zero-order valence-corrected chi connectivity index (χ0v) is 8.56. The zero-order chi connectivity index (χ0) is 9.73. The predicted molar refractivity (Wildman–Crippen MR) is 51.5 cm³/mol. The van der Waals surface area contributed by atoms with Crippen molar-refractivity contribution in [3.8, 4) is 0 Å². The van der Waals surface area contributed by atoms with E-state index < -0.39 is 0 Å². The molecule has 1 rings (SSSR count). The predicted octanol–water partition coefficient (Wildman–Crippen LogP) is 1.33. The molecule has 0 spiro atoms. The average molecular weight is 185 g/mol. The van der Waals surface area contributed by atoms with Gasteiger partial charge in [-0.05, 0) is 25.8 Å². The number of ether oxygens (including phenoxy) is 1.